The van der Waals surface area contributed by atoms with Gasteiger partial charge in [-0.3, -0.25) is 4.79 Å². The molecule has 5 heterocycles. The van der Waals surface area contributed by atoms with Gasteiger partial charge in [0, 0.05) is 31.9 Å². The molecule has 9 nitrogen and oxygen atoms in total. The number of carbonyl (C=O) groups excluding carboxylic acids is 1. The van der Waals surface area contributed by atoms with E-state index in [1.54, 1.807) is 18.3 Å². The number of hydrogen-bond donors (Lipinski definition) is 1. The van der Waals surface area contributed by atoms with Crippen molar-refractivity contribution in [3.63, 3.8) is 0 Å². The molecule has 2 aliphatic rings. The fourth-order valence-corrected chi connectivity index (χ4v) is 4.19. The number of piperazine rings is 1. The van der Waals surface area contributed by atoms with Crippen LogP contribution < -0.4 is 20.0 Å². The van der Waals surface area contributed by atoms with Crippen molar-refractivity contribution < 1.29 is 18.0 Å². The summed E-state index contributed by atoms with van der Waals surface area (Å²) in [4.78, 5) is 34.8. The Bertz CT molecular complexity index is 1180. The zero-order valence-corrected chi connectivity index (χ0v) is 18.9. The van der Waals surface area contributed by atoms with E-state index >= 15 is 0 Å². The van der Waals surface area contributed by atoms with Gasteiger partial charge in [-0.05, 0) is 31.2 Å². The van der Waals surface area contributed by atoms with Crippen LogP contribution in [0.2, 0.25) is 0 Å². The van der Waals surface area contributed by atoms with E-state index in [2.05, 4.69) is 42.0 Å². The summed E-state index contributed by atoms with van der Waals surface area (Å²) < 4.78 is 39.2. The Morgan fingerprint density at radius 1 is 0.943 bits per heavy atom. The van der Waals surface area contributed by atoms with Crippen LogP contribution in [-0.4, -0.2) is 70.5 Å². The lowest BCUT2D eigenvalue weighted by Gasteiger charge is -2.41. The Morgan fingerprint density at radius 2 is 1.74 bits per heavy atom. The van der Waals surface area contributed by atoms with E-state index in [0.717, 1.165) is 12.2 Å². The van der Waals surface area contributed by atoms with Crippen LogP contribution in [0.15, 0.2) is 49.1 Å². The third kappa shape index (κ3) is 4.96. The highest BCUT2D eigenvalue weighted by Crippen LogP contribution is 2.30. The molecule has 0 radical (unpaired) electrons. The molecule has 5 rings (SSSR count). The number of aromatic nitrogens is 4. The van der Waals surface area contributed by atoms with E-state index in [-0.39, 0.29) is 30.5 Å². The second-order valence-electron chi connectivity index (χ2n) is 8.66. The number of rotatable bonds is 5. The monoisotopic (exact) mass is 484 g/mol. The zero-order valence-electron chi connectivity index (χ0n) is 18.9. The molecule has 3 aromatic heterocycles. The van der Waals surface area contributed by atoms with Gasteiger partial charge in [0.2, 0.25) is 5.95 Å². The van der Waals surface area contributed by atoms with Crippen LogP contribution in [0.1, 0.15) is 17.3 Å². The summed E-state index contributed by atoms with van der Waals surface area (Å²) in [6.07, 6.45) is 5.97. The van der Waals surface area contributed by atoms with E-state index in [0.29, 0.717) is 24.7 Å². The Labute approximate surface area is 199 Å². The fraction of sp³-hybridized carbons (Fsp3) is 0.348. The average Bonchev–Trinajstić information content (AvgIpc) is 2.83. The molecule has 0 spiro atoms. The highest BCUT2D eigenvalue weighted by molar-refractivity contribution is 6.03. The topological polar surface area (TPSA) is 90.4 Å². The molecular formula is C23H23F3N8O. The van der Waals surface area contributed by atoms with Gasteiger partial charge < -0.3 is 20.0 Å². The SMILES string of the molecule is C[C@H]1CN(c2ccc(F)nc2)CCN1c1cnc(NC(=O)c2ccc(N3CC(F)(F)C3)nc2)cn1. The first-order chi connectivity index (χ1) is 16.8. The molecule has 1 N–H and O–H groups in total. The Hall–Kier alpha value is -3.96. The maximum atomic E-state index is 13.1. The number of carbonyl (C=O) groups is 1. The smallest absolute Gasteiger partial charge is 0.282 e. The number of anilines is 4. The molecule has 0 aliphatic carbocycles. The van der Waals surface area contributed by atoms with E-state index in [4.69, 9.17) is 0 Å². The van der Waals surface area contributed by atoms with Gasteiger partial charge in [-0.2, -0.15) is 4.39 Å². The van der Waals surface area contributed by atoms with E-state index < -0.39 is 17.8 Å². The summed E-state index contributed by atoms with van der Waals surface area (Å²) in [6, 6.07) is 6.27. The maximum absolute atomic E-state index is 13.1. The number of alkyl halides is 2. The lowest BCUT2D eigenvalue weighted by atomic mass is 10.1. The number of halogens is 3. The van der Waals surface area contributed by atoms with E-state index in [1.807, 2.05) is 0 Å². The minimum Gasteiger partial charge on any atom is -0.366 e. The molecule has 35 heavy (non-hydrogen) atoms. The minimum absolute atomic E-state index is 0.125. The summed E-state index contributed by atoms with van der Waals surface area (Å²) in [5.41, 5.74) is 1.15. The average molecular weight is 484 g/mol. The molecule has 2 fully saturated rings. The van der Waals surface area contributed by atoms with Crippen LogP contribution in [0.3, 0.4) is 0 Å². The third-order valence-corrected chi connectivity index (χ3v) is 6.06. The molecule has 2 saturated heterocycles. The second kappa shape index (κ2) is 9.01. The van der Waals surface area contributed by atoms with Gasteiger partial charge >= 0.3 is 0 Å². The fourth-order valence-electron chi connectivity index (χ4n) is 4.19. The number of amides is 1. The van der Waals surface area contributed by atoms with Crippen LogP contribution in [0.25, 0.3) is 0 Å². The first-order valence-electron chi connectivity index (χ1n) is 11.1. The normalized spacial score (nSPS) is 19.3. The van der Waals surface area contributed by atoms with Crippen LogP contribution in [0.4, 0.5) is 36.3 Å². The molecule has 1 amide bonds. The molecule has 0 saturated carbocycles. The molecule has 12 heteroatoms. The van der Waals surface area contributed by atoms with Crippen molar-refractivity contribution in [2.75, 3.05) is 52.7 Å². The van der Waals surface area contributed by atoms with Crippen molar-refractivity contribution in [2.45, 2.75) is 18.9 Å². The van der Waals surface area contributed by atoms with Crippen molar-refractivity contribution in [2.24, 2.45) is 0 Å². The van der Waals surface area contributed by atoms with Crippen LogP contribution in [0.5, 0.6) is 0 Å². The van der Waals surface area contributed by atoms with Gasteiger partial charge in [0.15, 0.2) is 5.82 Å². The Balaban J connectivity index is 1.17. The van der Waals surface area contributed by atoms with Crippen molar-refractivity contribution in [3.8, 4) is 0 Å². The van der Waals surface area contributed by atoms with Gasteiger partial charge in [0.25, 0.3) is 11.8 Å². The van der Waals surface area contributed by atoms with E-state index in [9.17, 15) is 18.0 Å². The molecule has 0 unspecified atom stereocenters. The lowest BCUT2D eigenvalue weighted by molar-refractivity contribution is -0.0267. The van der Waals surface area contributed by atoms with Crippen LogP contribution in [0, 0.1) is 5.95 Å². The zero-order chi connectivity index (χ0) is 24.6. The van der Waals surface area contributed by atoms with Crippen molar-refractivity contribution in [3.05, 3.63) is 60.6 Å². The number of pyridine rings is 2. The first kappa shape index (κ1) is 22.8. The largest absolute Gasteiger partial charge is 0.366 e. The summed E-state index contributed by atoms with van der Waals surface area (Å²) in [7, 11) is 0. The van der Waals surface area contributed by atoms with Gasteiger partial charge in [-0.25, -0.2) is 28.7 Å². The standard InChI is InChI=1S/C23H23F3N8O/c1-15-12-32(17-3-4-18(24)27-9-17)6-7-34(15)21-11-28-19(10-30-21)31-22(35)16-2-5-20(29-8-16)33-13-23(25,26)14-33/h2-5,8-11,15H,6-7,12-14H2,1H3,(H,28,31,35)/t15-/m0/s1. The minimum atomic E-state index is -2.69. The van der Waals surface area contributed by atoms with Crippen LogP contribution in [-0.2, 0) is 0 Å². The van der Waals surface area contributed by atoms with Crippen molar-refractivity contribution in [1.29, 1.82) is 0 Å². The molecule has 1 atom stereocenters. The maximum Gasteiger partial charge on any atom is 0.282 e. The lowest BCUT2D eigenvalue weighted by Crippen LogP contribution is -2.56. The Morgan fingerprint density at radius 3 is 2.34 bits per heavy atom. The molecule has 2 aliphatic heterocycles. The summed E-state index contributed by atoms with van der Waals surface area (Å²) in [5, 5.41) is 2.67. The number of nitrogens with one attached hydrogen (secondary N) is 1. The van der Waals surface area contributed by atoms with Gasteiger partial charge in [0.05, 0.1) is 42.9 Å². The first-order valence-corrected chi connectivity index (χ1v) is 11.1. The van der Waals surface area contributed by atoms with Crippen molar-refractivity contribution >= 4 is 29.0 Å². The van der Waals surface area contributed by atoms with Gasteiger partial charge in [-0.15, -0.1) is 0 Å². The highest BCUT2D eigenvalue weighted by Gasteiger charge is 2.44. The molecule has 0 bridgehead atoms. The predicted molar refractivity (Wildman–Crippen MR) is 125 cm³/mol. The predicted octanol–water partition coefficient (Wildman–Crippen LogP) is 2.83. The molecule has 0 aromatic carbocycles. The van der Waals surface area contributed by atoms with Crippen molar-refractivity contribution in [1.82, 2.24) is 19.9 Å². The molecule has 182 valence electrons. The summed E-state index contributed by atoms with van der Waals surface area (Å²) in [6.45, 7) is 3.45. The molecular weight excluding hydrogens is 461 g/mol. The van der Waals surface area contributed by atoms with Crippen LogP contribution >= 0.6 is 0 Å². The quantitative estimate of drug-likeness (QED) is 0.553. The van der Waals surface area contributed by atoms with Gasteiger partial charge in [-0.1, -0.05) is 0 Å². The number of hydrogen-bond acceptors (Lipinski definition) is 8. The summed E-state index contributed by atoms with van der Waals surface area (Å²) >= 11 is 0. The third-order valence-electron chi connectivity index (χ3n) is 6.06. The Kier molecular flexibility index (Phi) is 5.87. The van der Waals surface area contributed by atoms with Gasteiger partial charge in [0.1, 0.15) is 11.6 Å². The molecule has 3 aromatic rings. The summed E-state index contributed by atoms with van der Waals surface area (Å²) in [5.74, 6) is -2.24. The highest BCUT2D eigenvalue weighted by atomic mass is 19.3. The second-order valence-corrected chi connectivity index (χ2v) is 8.66. The van der Waals surface area contributed by atoms with E-state index in [1.165, 1.54) is 35.6 Å². The number of nitrogens with zero attached hydrogens (tertiary/aromatic N) is 7.